The summed E-state index contributed by atoms with van der Waals surface area (Å²) in [5, 5.41) is 0. The number of imidazole rings is 1. The number of hydrogen-bond acceptors (Lipinski definition) is 5. The molecule has 0 fully saturated rings. The van der Waals surface area contributed by atoms with Crippen LogP contribution in [0.4, 0.5) is 0 Å². The Morgan fingerprint density at radius 3 is 2.69 bits per heavy atom. The molecule has 3 heterocycles. The van der Waals surface area contributed by atoms with E-state index in [1.165, 1.54) is 11.3 Å². The number of H-pyrrole nitrogens is 2. The summed E-state index contributed by atoms with van der Waals surface area (Å²) in [5.41, 5.74) is 3.77. The number of thiophene rings is 1. The normalized spacial score (nSPS) is 11.9. The third kappa shape index (κ3) is 3.89. The van der Waals surface area contributed by atoms with Crippen LogP contribution < -0.4 is 10.3 Å². The number of nitrogens with one attached hydrogen (secondary N) is 3. The topological polar surface area (TPSA) is 108 Å². The fourth-order valence-electron chi connectivity index (χ4n) is 3.12. The summed E-state index contributed by atoms with van der Waals surface area (Å²) in [6, 6.07) is 12.7. The number of aromatic nitrogens is 3. The van der Waals surface area contributed by atoms with Gasteiger partial charge < -0.3 is 9.97 Å². The lowest BCUT2D eigenvalue weighted by molar-refractivity contribution is 0.582. The van der Waals surface area contributed by atoms with Gasteiger partial charge in [0, 0.05) is 21.7 Å². The second kappa shape index (κ2) is 7.58. The minimum Gasteiger partial charge on any atom is -0.341 e. The molecule has 4 rings (SSSR count). The molecule has 0 saturated heterocycles. The molecular weight excluding hydrogens is 408 g/mol. The van der Waals surface area contributed by atoms with Gasteiger partial charge in [-0.05, 0) is 43.7 Å². The Balaban J connectivity index is 1.57. The molecule has 0 saturated carbocycles. The number of rotatable bonds is 6. The van der Waals surface area contributed by atoms with E-state index in [0.29, 0.717) is 23.5 Å². The Hall–Kier alpha value is -2.75. The number of benzene rings is 1. The summed E-state index contributed by atoms with van der Waals surface area (Å²) in [6.45, 7) is 3.79. The van der Waals surface area contributed by atoms with Crippen molar-refractivity contribution in [3.8, 4) is 10.4 Å². The van der Waals surface area contributed by atoms with Gasteiger partial charge in [-0.2, -0.15) is 0 Å². The highest BCUT2D eigenvalue weighted by Gasteiger charge is 2.19. The second-order valence-corrected chi connectivity index (χ2v) is 9.74. The molecule has 3 aromatic heterocycles. The Morgan fingerprint density at radius 1 is 1.14 bits per heavy atom. The zero-order chi connectivity index (χ0) is 20.6. The van der Waals surface area contributed by atoms with Crippen LogP contribution in [0.5, 0.6) is 0 Å². The number of aromatic amines is 2. The van der Waals surface area contributed by atoms with Gasteiger partial charge in [-0.25, -0.2) is 18.1 Å². The summed E-state index contributed by atoms with van der Waals surface area (Å²) >= 11 is 1.17. The van der Waals surface area contributed by atoms with Crippen LogP contribution in [0.1, 0.15) is 24.0 Å². The number of nitrogens with zero attached hydrogens (tertiary/aromatic N) is 1. The number of fused-ring (bicyclic) bond motifs is 1. The molecule has 0 atom stereocenters. The van der Waals surface area contributed by atoms with Gasteiger partial charge in [0.25, 0.3) is 5.56 Å². The zero-order valence-electron chi connectivity index (χ0n) is 15.9. The summed E-state index contributed by atoms with van der Waals surface area (Å²) in [5.74, 6) is 0.552. The van der Waals surface area contributed by atoms with Gasteiger partial charge >= 0.3 is 0 Å². The Bertz CT molecular complexity index is 1320. The number of sulfonamides is 1. The fraction of sp³-hybridized carbons (Fsp3) is 0.200. The van der Waals surface area contributed by atoms with Gasteiger partial charge in [0.2, 0.25) is 10.0 Å². The molecule has 0 amide bonds. The zero-order valence-corrected chi connectivity index (χ0v) is 17.6. The van der Waals surface area contributed by atoms with Crippen molar-refractivity contribution >= 4 is 32.4 Å². The Morgan fingerprint density at radius 2 is 1.93 bits per heavy atom. The molecule has 0 bridgehead atoms. The summed E-state index contributed by atoms with van der Waals surface area (Å²) in [4.78, 5) is 23.1. The van der Waals surface area contributed by atoms with E-state index in [4.69, 9.17) is 0 Å². The van der Waals surface area contributed by atoms with Crippen molar-refractivity contribution in [1.29, 1.82) is 0 Å². The van der Waals surface area contributed by atoms with Crippen LogP contribution in [-0.4, -0.2) is 23.4 Å². The monoisotopic (exact) mass is 428 g/mol. The molecule has 0 aliphatic carbocycles. The quantitative estimate of drug-likeness (QED) is 0.438. The third-order valence-corrected chi connectivity index (χ3v) is 7.69. The van der Waals surface area contributed by atoms with E-state index < -0.39 is 10.0 Å². The van der Waals surface area contributed by atoms with Crippen LogP contribution in [0.2, 0.25) is 0 Å². The van der Waals surface area contributed by atoms with Crippen LogP contribution in [0.3, 0.4) is 0 Å². The van der Waals surface area contributed by atoms with Crippen LogP contribution in [0.25, 0.3) is 21.5 Å². The van der Waals surface area contributed by atoms with Crippen molar-refractivity contribution < 1.29 is 8.42 Å². The van der Waals surface area contributed by atoms with E-state index in [1.807, 2.05) is 44.2 Å². The summed E-state index contributed by atoms with van der Waals surface area (Å²) < 4.78 is 28.3. The van der Waals surface area contributed by atoms with E-state index in [9.17, 15) is 13.2 Å². The maximum absolute atomic E-state index is 12.7. The molecular formula is C20H20N4O3S2. The maximum Gasteiger partial charge on any atom is 0.251 e. The first kappa shape index (κ1) is 19.6. The molecule has 9 heteroatoms. The Labute approximate surface area is 171 Å². The lowest BCUT2D eigenvalue weighted by atomic mass is 10.1. The first-order valence-corrected chi connectivity index (χ1v) is 11.4. The lowest BCUT2D eigenvalue weighted by Crippen LogP contribution is -2.22. The van der Waals surface area contributed by atoms with E-state index in [1.54, 1.807) is 12.1 Å². The smallest absolute Gasteiger partial charge is 0.251 e. The summed E-state index contributed by atoms with van der Waals surface area (Å²) in [7, 11) is -3.68. The highest BCUT2D eigenvalue weighted by Crippen LogP contribution is 2.32. The molecule has 7 nitrogen and oxygen atoms in total. The van der Waals surface area contributed by atoms with Crippen molar-refractivity contribution in [2.24, 2.45) is 0 Å². The van der Waals surface area contributed by atoms with Gasteiger partial charge in [-0.3, -0.25) is 4.79 Å². The number of para-hydroxylation sites is 2. The van der Waals surface area contributed by atoms with E-state index >= 15 is 0 Å². The molecule has 0 spiro atoms. The molecule has 3 N–H and O–H groups in total. The van der Waals surface area contributed by atoms with Gasteiger partial charge in [0.05, 0.1) is 17.6 Å². The molecule has 150 valence electrons. The highest BCUT2D eigenvalue weighted by molar-refractivity contribution is 7.91. The van der Waals surface area contributed by atoms with E-state index in [2.05, 4.69) is 19.7 Å². The van der Waals surface area contributed by atoms with E-state index in [0.717, 1.165) is 21.5 Å². The predicted octanol–water partition coefficient (Wildman–Crippen LogP) is 3.33. The van der Waals surface area contributed by atoms with Crippen molar-refractivity contribution in [2.45, 2.75) is 31.0 Å². The summed E-state index contributed by atoms with van der Waals surface area (Å²) in [6.07, 6.45) is 0.609. The minimum absolute atomic E-state index is 0.0713. The van der Waals surface area contributed by atoms with Crippen molar-refractivity contribution in [1.82, 2.24) is 19.7 Å². The standard InChI is InChI=1S/C20H20N4O3S2/c1-3-13-10-14(12(2)22-20(13)25)17-8-9-19(28-17)29(26,27)21-11-18-23-15-6-4-5-7-16(15)24-18/h4-10,21H,3,11H2,1-2H3,(H,22,25)(H,23,24). The predicted molar refractivity (Wildman–Crippen MR) is 115 cm³/mol. The van der Waals surface area contributed by atoms with E-state index in [-0.39, 0.29) is 16.3 Å². The number of hydrogen-bond donors (Lipinski definition) is 3. The van der Waals surface area contributed by atoms with Crippen LogP contribution in [-0.2, 0) is 23.0 Å². The molecule has 0 aliphatic rings. The second-order valence-electron chi connectivity index (χ2n) is 6.66. The first-order valence-electron chi connectivity index (χ1n) is 9.13. The van der Waals surface area contributed by atoms with Gasteiger partial charge in [0.15, 0.2) is 0 Å². The van der Waals surface area contributed by atoms with Crippen molar-refractivity contribution in [2.75, 3.05) is 0 Å². The molecule has 0 unspecified atom stereocenters. The lowest BCUT2D eigenvalue weighted by Gasteiger charge is -2.06. The average molecular weight is 429 g/mol. The maximum atomic E-state index is 12.7. The molecule has 29 heavy (non-hydrogen) atoms. The average Bonchev–Trinajstić information content (AvgIpc) is 3.34. The van der Waals surface area contributed by atoms with Crippen LogP contribution in [0.15, 0.2) is 51.5 Å². The minimum atomic E-state index is -3.68. The van der Waals surface area contributed by atoms with Gasteiger partial charge in [-0.1, -0.05) is 19.1 Å². The van der Waals surface area contributed by atoms with Crippen molar-refractivity contribution in [3.05, 3.63) is 69.9 Å². The van der Waals surface area contributed by atoms with Crippen molar-refractivity contribution in [3.63, 3.8) is 0 Å². The molecule has 4 aromatic rings. The largest absolute Gasteiger partial charge is 0.341 e. The van der Waals surface area contributed by atoms with Crippen LogP contribution >= 0.6 is 11.3 Å². The Kier molecular flexibility index (Phi) is 5.12. The fourth-order valence-corrected chi connectivity index (χ4v) is 5.53. The molecule has 0 radical (unpaired) electrons. The number of pyridine rings is 1. The number of aryl methyl sites for hydroxylation is 2. The van der Waals surface area contributed by atoms with Gasteiger partial charge in [0.1, 0.15) is 10.0 Å². The third-order valence-electron chi connectivity index (χ3n) is 4.68. The first-order chi connectivity index (χ1) is 13.9. The highest BCUT2D eigenvalue weighted by atomic mass is 32.2. The van der Waals surface area contributed by atoms with Crippen LogP contribution in [0, 0.1) is 6.92 Å². The molecule has 1 aromatic carbocycles. The SMILES string of the molecule is CCc1cc(-c2ccc(S(=O)(=O)NCc3nc4ccccc4[nH]3)s2)c(C)[nH]c1=O. The van der Waals surface area contributed by atoms with Gasteiger partial charge in [-0.15, -0.1) is 11.3 Å². The molecule has 0 aliphatic heterocycles.